The van der Waals surface area contributed by atoms with E-state index in [1.165, 1.54) is 23.5 Å². The summed E-state index contributed by atoms with van der Waals surface area (Å²) in [6, 6.07) is 11.2. The van der Waals surface area contributed by atoms with E-state index in [1.54, 1.807) is 6.20 Å². The Morgan fingerprint density at radius 1 is 1.21 bits per heavy atom. The number of carbonyl (C=O) groups excluding carboxylic acids is 1. The minimum Gasteiger partial charge on any atom is -0.298 e. The van der Waals surface area contributed by atoms with Crippen LogP contribution in [0.2, 0.25) is 10.0 Å². The Bertz CT molecular complexity index is 898. The molecular formula is C17H11Cl2FN2OS. The van der Waals surface area contributed by atoms with E-state index in [0.717, 1.165) is 16.5 Å². The molecule has 0 unspecified atom stereocenters. The molecule has 0 bridgehead atoms. The second-order valence-corrected chi connectivity index (χ2v) is 6.98. The number of benzene rings is 2. The molecule has 1 N–H and O–H groups in total. The molecule has 0 aliphatic heterocycles. The van der Waals surface area contributed by atoms with Gasteiger partial charge in [-0.1, -0.05) is 35.3 Å². The van der Waals surface area contributed by atoms with Gasteiger partial charge in [0.15, 0.2) is 5.13 Å². The topological polar surface area (TPSA) is 42.0 Å². The summed E-state index contributed by atoms with van der Waals surface area (Å²) in [6.07, 6.45) is 2.37. The maximum atomic E-state index is 13.0. The molecule has 2 aromatic carbocycles. The number of hydrogen-bond acceptors (Lipinski definition) is 3. The molecule has 7 heteroatoms. The molecule has 0 aliphatic carbocycles. The predicted octanol–water partition coefficient (Wildman–Crippen LogP) is 5.43. The average Bonchev–Trinajstić information content (AvgIpc) is 2.94. The Morgan fingerprint density at radius 3 is 2.79 bits per heavy atom. The van der Waals surface area contributed by atoms with E-state index < -0.39 is 11.7 Å². The van der Waals surface area contributed by atoms with E-state index in [4.69, 9.17) is 23.2 Å². The molecule has 0 spiro atoms. The summed E-state index contributed by atoms with van der Waals surface area (Å²) in [5.41, 5.74) is 1.26. The van der Waals surface area contributed by atoms with Crippen molar-refractivity contribution in [1.29, 1.82) is 0 Å². The molecule has 0 fully saturated rings. The Hall–Kier alpha value is -1.95. The van der Waals surface area contributed by atoms with Crippen molar-refractivity contribution in [2.75, 3.05) is 5.32 Å². The van der Waals surface area contributed by atoms with Crippen molar-refractivity contribution >= 4 is 45.6 Å². The van der Waals surface area contributed by atoms with Crippen LogP contribution >= 0.6 is 34.5 Å². The van der Waals surface area contributed by atoms with Crippen LogP contribution in [0.15, 0.2) is 48.7 Å². The van der Waals surface area contributed by atoms with Crippen LogP contribution in [-0.4, -0.2) is 10.9 Å². The third kappa shape index (κ3) is 4.12. The van der Waals surface area contributed by atoms with E-state index in [1.807, 2.05) is 24.3 Å². The molecule has 0 atom stereocenters. The number of amides is 1. The first-order chi connectivity index (χ1) is 11.5. The Labute approximate surface area is 152 Å². The maximum Gasteiger partial charge on any atom is 0.258 e. The van der Waals surface area contributed by atoms with Crippen LogP contribution in [0.25, 0.3) is 0 Å². The summed E-state index contributed by atoms with van der Waals surface area (Å²) in [6.45, 7) is 0. The summed E-state index contributed by atoms with van der Waals surface area (Å²) >= 11 is 13.2. The first-order valence-corrected chi connectivity index (χ1v) is 8.54. The van der Waals surface area contributed by atoms with Gasteiger partial charge in [0.1, 0.15) is 5.82 Å². The molecule has 0 saturated heterocycles. The van der Waals surface area contributed by atoms with Crippen LogP contribution in [0.1, 0.15) is 20.8 Å². The SMILES string of the molecule is O=C(Nc1ncc(Cc2cccc(Cl)c2)s1)c1ccc(F)cc1Cl. The highest BCUT2D eigenvalue weighted by Crippen LogP contribution is 2.24. The van der Waals surface area contributed by atoms with Gasteiger partial charge in [0.2, 0.25) is 0 Å². The van der Waals surface area contributed by atoms with Gasteiger partial charge in [-0.15, -0.1) is 11.3 Å². The Balaban J connectivity index is 1.70. The van der Waals surface area contributed by atoms with E-state index in [9.17, 15) is 9.18 Å². The second kappa shape index (κ2) is 7.30. The quantitative estimate of drug-likeness (QED) is 0.655. The Kier molecular flexibility index (Phi) is 5.14. The highest BCUT2D eigenvalue weighted by Gasteiger charge is 2.13. The van der Waals surface area contributed by atoms with Gasteiger partial charge >= 0.3 is 0 Å². The van der Waals surface area contributed by atoms with Crippen molar-refractivity contribution in [3.05, 3.63) is 80.5 Å². The number of aromatic nitrogens is 1. The summed E-state index contributed by atoms with van der Waals surface area (Å²) in [7, 11) is 0. The van der Waals surface area contributed by atoms with Crippen molar-refractivity contribution in [3.63, 3.8) is 0 Å². The zero-order chi connectivity index (χ0) is 17.1. The normalized spacial score (nSPS) is 10.6. The minimum atomic E-state index is -0.491. The van der Waals surface area contributed by atoms with E-state index in [-0.39, 0.29) is 10.6 Å². The van der Waals surface area contributed by atoms with Gasteiger partial charge in [0.05, 0.1) is 10.6 Å². The predicted molar refractivity (Wildman–Crippen MR) is 95.7 cm³/mol. The monoisotopic (exact) mass is 380 g/mol. The van der Waals surface area contributed by atoms with Crippen LogP contribution in [0.4, 0.5) is 9.52 Å². The lowest BCUT2D eigenvalue weighted by Crippen LogP contribution is -2.12. The molecule has 1 heterocycles. The molecular weight excluding hydrogens is 370 g/mol. The highest BCUT2D eigenvalue weighted by atomic mass is 35.5. The molecule has 0 aliphatic rings. The third-order valence-corrected chi connectivity index (χ3v) is 4.68. The van der Waals surface area contributed by atoms with Gasteiger partial charge < -0.3 is 0 Å². The van der Waals surface area contributed by atoms with Crippen molar-refractivity contribution in [1.82, 2.24) is 4.98 Å². The first kappa shape index (κ1) is 16.9. The van der Waals surface area contributed by atoms with Crippen molar-refractivity contribution in [2.45, 2.75) is 6.42 Å². The fourth-order valence-corrected chi connectivity index (χ4v) is 3.44. The van der Waals surface area contributed by atoms with E-state index >= 15 is 0 Å². The van der Waals surface area contributed by atoms with Crippen LogP contribution in [-0.2, 0) is 6.42 Å². The summed E-state index contributed by atoms with van der Waals surface area (Å²) < 4.78 is 13.0. The lowest BCUT2D eigenvalue weighted by atomic mass is 10.1. The molecule has 0 radical (unpaired) electrons. The number of anilines is 1. The van der Waals surface area contributed by atoms with Crippen LogP contribution < -0.4 is 5.32 Å². The summed E-state index contributed by atoms with van der Waals surface area (Å²) in [5, 5.41) is 3.86. The number of nitrogens with zero attached hydrogens (tertiary/aromatic N) is 1. The van der Waals surface area contributed by atoms with Gasteiger partial charge in [-0.05, 0) is 35.9 Å². The zero-order valence-electron chi connectivity index (χ0n) is 12.2. The fourth-order valence-electron chi connectivity index (χ4n) is 2.13. The summed E-state index contributed by atoms with van der Waals surface area (Å²) in [5.74, 6) is -0.918. The van der Waals surface area contributed by atoms with E-state index in [2.05, 4.69) is 10.3 Å². The molecule has 0 saturated carbocycles. The first-order valence-electron chi connectivity index (χ1n) is 6.97. The lowest BCUT2D eigenvalue weighted by Gasteiger charge is -2.04. The number of nitrogens with one attached hydrogen (secondary N) is 1. The van der Waals surface area contributed by atoms with Gasteiger partial charge in [0.25, 0.3) is 5.91 Å². The van der Waals surface area contributed by atoms with Crippen LogP contribution in [0.3, 0.4) is 0 Å². The second-order valence-electron chi connectivity index (χ2n) is 5.02. The molecule has 1 aromatic heterocycles. The zero-order valence-corrected chi connectivity index (χ0v) is 14.6. The Morgan fingerprint density at radius 2 is 2.04 bits per heavy atom. The number of halogens is 3. The maximum absolute atomic E-state index is 13.0. The van der Waals surface area contributed by atoms with Gasteiger partial charge in [-0.25, -0.2) is 9.37 Å². The van der Waals surface area contributed by atoms with Crippen molar-refractivity contribution < 1.29 is 9.18 Å². The molecule has 3 nitrogen and oxygen atoms in total. The van der Waals surface area contributed by atoms with Crippen molar-refractivity contribution in [2.24, 2.45) is 0 Å². The summed E-state index contributed by atoms with van der Waals surface area (Å²) in [4.78, 5) is 17.4. The molecule has 24 heavy (non-hydrogen) atoms. The van der Waals surface area contributed by atoms with Crippen LogP contribution in [0.5, 0.6) is 0 Å². The average molecular weight is 381 g/mol. The number of carbonyl (C=O) groups is 1. The fraction of sp³-hybridized carbons (Fsp3) is 0.0588. The standard InChI is InChI=1S/C17H11Cl2FN2OS/c18-11-3-1-2-10(6-11)7-13-9-21-17(24-13)22-16(23)14-5-4-12(20)8-15(14)19/h1-6,8-9H,7H2,(H,21,22,23). The molecule has 3 aromatic rings. The van der Waals surface area contributed by atoms with Gasteiger partial charge in [0, 0.05) is 22.5 Å². The largest absolute Gasteiger partial charge is 0.298 e. The third-order valence-electron chi connectivity index (χ3n) is 3.22. The molecule has 3 rings (SSSR count). The number of rotatable bonds is 4. The lowest BCUT2D eigenvalue weighted by molar-refractivity contribution is 0.102. The molecule has 1 amide bonds. The minimum absolute atomic E-state index is 0.0585. The van der Waals surface area contributed by atoms with Crippen LogP contribution in [0, 0.1) is 5.82 Å². The van der Waals surface area contributed by atoms with E-state index in [0.29, 0.717) is 16.6 Å². The van der Waals surface area contributed by atoms with Gasteiger partial charge in [-0.2, -0.15) is 0 Å². The number of thiazole rings is 1. The van der Waals surface area contributed by atoms with Crippen molar-refractivity contribution in [3.8, 4) is 0 Å². The van der Waals surface area contributed by atoms with Gasteiger partial charge in [-0.3, -0.25) is 10.1 Å². The molecule has 122 valence electrons. The smallest absolute Gasteiger partial charge is 0.258 e. The number of hydrogen-bond donors (Lipinski definition) is 1. The highest BCUT2D eigenvalue weighted by molar-refractivity contribution is 7.15.